The molecule has 0 aliphatic carbocycles. The SMILES string of the molecule is COCNc1ccc2c(c1)NC(=O)C(C)S2. The Balaban J connectivity index is 2.19. The van der Waals surface area contributed by atoms with Gasteiger partial charge in [0, 0.05) is 17.7 Å². The molecule has 0 spiro atoms. The van der Waals surface area contributed by atoms with Crippen LogP contribution in [0.25, 0.3) is 0 Å². The standard InChI is InChI=1S/C11H14N2O2S/c1-7-11(14)13-9-5-8(12-6-15-2)3-4-10(9)16-7/h3-5,7,12H,6H2,1-2H3,(H,13,14). The second-order valence-electron chi connectivity index (χ2n) is 3.57. The van der Waals surface area contributed by atoms with Crippen LogP contribution < -0.4 is 10.6 Å². The molecule has 2 rings (SSSR count). The molecule has 0 fully saturated rings. The molecular formula is C11H14N2O2S. The second-order valence-corrected chi connectivity index (χ2v) is 4.95. The molecule has 0 bridgehead atoms. The van der Waals surface area contributed by atoms with Crippen LogP contribution in [-0.4, -0.2) is 25.0 Å². The summed E-state index contributed by atoms with van der Waals surface area (Å²) in [7, 11) is 1.63. The van der Waals surface area contributed by atoms with Crippen molar-refractivity contribution in [1.82, 2.24) is 0 Å². The van der Waals surface area contributed by atoms with Crippen molar-refractivity contribution in [3.05, 3.63) is 18.2 Å². The predicted octanol–water partition coefficient (Wildman–Crippen LogP) is 2.14. The van der Waals surface area contributed by atoms with Crippen molar-refractivity contribution < 1.29 is 9.53 Å². The summed E-state index contributed by atoms with van der Waals surface area (Å²) >= 11 is 1.58. The van der Waals surface area contributed by atoms with Gasteiger partial charge in [-0.1, -0.05) is 0 Å². The summed E-state index contributed by atoms with van der Waals surface area (Å²) in [5.74, 6) is 0.0568. The maximum atomic E-state index is 11.5. The van der Waals surface area contributed by atoms with E-state index in [0.29, 0.717) is 6.73 Å². The highest BCUT2D eigenvalue weighted by molar-refractivity contribution is 8.00. The van der Waals surface area contributed by atoms with E-state index in [4.69, 9.17) is 4.74 Å². The zero-order valence-electron chi connectivity index (χ0n) is 9.24. The van der Waals surface area contributed by atoms with Crippen molar-refractivity contribution in [2.24, 2.45) is 0 Å². The lowest BCUT2D eigenvalue weighted by Crippen LogP contribution is -2.26. The number of ether oxygens (including phenoxy) is 1. The van der Waals surface area contributed by atoms with Crippen LogP contribution in [0, 0.1) is 0 Å². The van der Waals surface area contributed by atoms with Crippen molar-refractivity contribution >= 4 is 29.0 Å². The van der Waals surface area contributed by atoms with Crippen LogP contribution in [0.5, 0.6) is 0 Å². The third-order valence-electron chi connectivity index (χ3n) is 2.33. The minimum Gasteiger partial charge on any atom is -0.365 e. The van der Waals surface area contributed by atoms with Gasteiger partial charge in [0.2, 0.25) is 5.91 Å². The number of benzene rings is 1. The summed E-state index contributed by atoms with van der Waals surface area (Å²) in [6, 6.07) is 5.91. The van der Waals surface area contributed by atoms with E-state index >= 15 is 0 Å². The van der Waals surface area contributed by atoms with Crippen LogP contribution in [-0.2, 0) is 9.53 Å². The fourth-order valence-corrected chi connectivity index (χ4v) is 2.40. The minimum absolute atomic E-state index is 0.0229. The molecule has 1 atom stereocenters. The number of anilines is 2. The third kappa shape index (κ3) is 2.31. The van der Waals surface area contributed by atoms with E-state index in [2.05, 4.69) is 10.6 Å². The van der Waals surface area contributed by atoms with Gasteiger partial charge in [0.15, 0.2) is 0 Å². The number of nitrogens with one attached hydrogen (secondary N) is 2. The lowest BCUT2D eigenvalue weighted by molar-refractivity contribution is -0.115. The van der Waals surface area contributed by atoms with E-state index in [-0.39, 0.29) is 11.2 Å². The normalized spacial score (nSPS) is 18.9. The quantitative estimate of drug-likeness (QED) is 0.792. The zero-order valence-corrected chi connectivity index (χ0v) is 10.1. The van der Waals surface area contributed by atoms with E-state index in [0.717, 1.165) is 16.3 Å². The average Bonchev–Trinajstić information content (AvgIpc) is 2.28. The first-order valence-electron chi connectivity index (χ1n) is 5.05. The van der Waals surface area contributed by atoms with E-state index in [1.807, 2.05) is 25.1 Å². The number of hydrogen-bond acceptors (Lipinski definition) is 4. The van der Waals surface area contributed by atoms with Crippen LogP contribution in [0.3, 0.4) is 0 Å². The van der Waals surface area contributed by atoms with Gasteiger partial charge in [-0.2, -0.15) is 0 Å². The molecule has 4 nitrogen and oxygen atoms in total. The molecule has 1 aromatic rings. The van der Waals surface area contributed by atoms with Gasteiger partial charge in [0.25, 0.3) is 0 Å². The number of carbonyl (C=O) groups excluding carboxylic acids is 1. The Bertz CT molecular complexity index is 409. The van der Waals surface area contributed by atoms with Gasteiger partial charge in [0.05, 0.1) is 10.9 Å². The number of thioether (sulfide) groups is 1. The summed E-state index contributed by atoms with van der Waals surface area (Å²) < 4.78 is 4.92. The van der Waals surface area contributed by atoms with Crippen LogP contribution in [0.2, 0.25) is 0 Å². The van der Waals surface area contributed by atoms with Gasteiger partial charge >= 0.3 is 0 Å². The van der Waals surface area contributed by atoms with Gasteiger partial charge in [-0.3, -0.25) is 4.79 Å². The van der Waals surface area contributed by atoms with E-state index in [1.54, 1.807) is 18.9 Å². The molecule has 1 aromatic carbocycles. The second kappa shape index (κ2) is 4.76. The fourth-order valence-electron chi connectivity index (χ4n) is 1.47. The summed E-state index contributed by atoms with van der Waals surface area (Å²) in [5.41, 5.74) is 1.81. The van der Waals surface area contributed by atoms with E-state index < -0.39 is 0 Å². The molecule has 1 unspecified atom stereocenters. The molecular weight excluding hydrogens is 224 g/mol. The smallest absolute Gasteiger partial charge is 0.237 e. The number of hydrogen-bond donors (Lipinski definition) is 2. The van der Waals surface area contributed by atoms with Crippen LogP contribution >= 0.6 is 11.8 Å². The first-order chi connectivity index (χ1) is 7.70. The fraction of sp³-hybridized carbons (Fsp3) is 0.364. The summed E-state index contributed by atoms with van der Waals surface area (Å²) in [6.45, 7) is 2.36. The van der Waals surface area contributed by atoms with Crippen molar-refractivity contribution in [2.45, 2.75) is 17.1 Å². The summed E-state index contributed by atoms with van der Waals surface area (Å²) in [4.78, 5) is 12.6. The predicted molar refractivity (Wildman–Crippen MR) is 65.9 cm³/mol. The molecule has 2 N–H and O–H groups in total. The molecule has 0 saturated carbocycles. The number of carbonyl (C=O) groups is 1. The average molecular weight is 238 g/mol. The molecule has 0 aromatic heterocycles. The zero-order chi connectivity index (χ0) is 11.5. The van der Waals surface area contributed by atoms with Crippen LogP contribution in [0.4, 0.5) is 11.4 Å². The Labute approximate surface area is 98.7 Å². The third-order valence-corrected chi connectivity index (χ3v) is 3.51. The lowest BCUT2D eigenvalue weighted by atomic mass is 10.2. The summed E-state index contributed by atoms with van der Waals surface area (Å²) in [6.07, 6.45) is 0. The van der Waals surface area contributed by atoms with Gasteiger partial charge in [0.1, 0.15) is 6.73 Å². The molecule has 1 amide bonds. The largest absolute Gasteiger partial charge is 0.365 e. The van der Waals surface area contributed by atoms with Gasteiger partial charge in [-0.15, -0.1) is 11.8 Å². The highest BCUT2D eigenvalue weighted by Gasteiger charge is 2.22. The Morgan fingerprint density at radius 3 is 3.12 bits per heavy atom. The molecule has 0 radical (unpaired) electrons. The number of fused-ring (bicyclic) bond motifs is 1. The first-order valence-corrected chi connectivity index (χ1v) is 5.93. The Morgan fingerprint density at radius 2 is 2.38 bits per heavy atom. The molecule has 1 heterocycles. The van der Waals surface area contributed by atoms with Gasteiger partial charge in [-0.05, 0) is 25.1 Å². The highest BCUT2D eigenvalue weighted by Crippen LogP contribution is 2.36. The van der Waals surface area contributed by atoms with Crippen molar-refractivity contribution in [1.29, 1.82) is 0 Å². The van der Waals surface area contributed by atoms with Gasteiger partial charge < -0.3 is 15.4 Å². The van der Waals surface area contributed by atoms with Crippen LogP contribution in [0.15, 0.2) is 23.1 Å². The van der Waals surface area contributed by atoms with Crippen LogP contribution in [0.1, 0.15) is 6.92 Å². The number of amides is 1. The van der Waals surface area contributed by atoms with Crippen molar-refractivity contribution in [2.75, 3.05) is 24.5 Å². The first kappa shape index (κ1) is 11.3. The summed E-state index contributed by atoms with van der Waals surface area (Å²) in [5, 5.41) is 5.95. The molecule has 1 aliphatic rings. The van der Waals surface area contributed by atoms with Crippen molar-refractivity contribution in [3.8, 4) is 0 Å². The van der Waals surface area contributed by atoms with E-state index in [1.165, 1.54) is 0 Å². The molecule has 5 heteroatoms. The molecule has 16 heavy (non-hydrogen) atoms. The maximum absolute atomic E-state index is 11.5. The molecule has 0 saturated heterocycles. The van der Waals surface area contributed by atoms with Gasteiger partial charge in [-0.25, -0.2) is 0 Å². The monoisotopic (exact) mass is 238 g/mol. The van der Waals surface area contributed by atoms with E-state index in [9.17, 15) is 4.79 Å². The topological polar surface area (TPSA) is 50.4 Å². The molecule has 1 aliphatic heterocycles. The minimum atomic E-state index is -0.0229. The number of rotatable bonds is 3. The number of methoxy groups -OCH3 is 1. The lowest BCUT2D eigenvalue weighted by Gasteiger charge is -2.22. The molecule has 86 valence electrons. The van der Waals surface area contributed by atoms with Crippen molar-refractivity contribution in [3.63, 3.8) is 0 Å². The Kier molecular flexibility index (Phi) is 3.36. The maximum Gasteiger partial charge on any atom is 0.237 e. The Hall–Kier alpha value is -1.20. The Morgan fingerprint density at radius 1 is 1.56 bits per heavy atom. The highest BCUT2D eigenvalue weighted by atomic mass is 32.2.